The molecule has 0 aliphatic carbocycles. The number of imidazole rings is 1. The number of hydrogen-bond donors (Lipinski definition) is 1. The van der Waals surface area contributed by atoms with Gasteiger partial charge < -0.3 is 10.3 Å². The standard InChI is InChI=1S/C13H25N3/c1-3-4-5-6-7-9-16-10-8-15-13(16)11-12(2)14/h8,10,12H,3-7,9,11,14H2,1-2H3. The first kappa shape index (κ1) is 13.2. The van der Waals surface area contributed by atoms with Crippen molar-refractivity contribution >= 4 is 0 Å². The molecule has 1 unspecified atom stereocenters. The number of hydrogen-bond acceptors (Lipinski definition) is 2. The van der Waals surface area contributed by atoms with Crippen molar-refractivity contribution < 1.29 is 0 Å². The summed E-state index contributed by atoms with van der Waals surface area (Å²) in [5.41, 5.74) is 5.79. The van der Waals surface area contributed by atoms with Crippen LogP contribution in [-0.2, 0) is 13.0 Å². The molecule has 0 saturated heterocycles. The molecule has 92 valence electrons. The van der Waals surface area contributed by atoms with Crippen molar-refractivity contribution in [2.45, 2.75) is 65.0 Å². The molecule has 0 aliphatic rings. The molecule has 1 atom stereocenters. The van der Waals surface area contributed by atoms with Crippen LogP contribution in [0.15, 0.2) is 12.4 Å². The molecule has 3 nitrogen and oxygen atoms in total. The minimum atomic E-state index is 0.196. The maximum Gasteiger partial charge on any atom is 0.110 e. The highest BCUT2D eigenvalue weighted by molar-refractivity contribution is 4.94. The molecule has 1 rings (SSSR count). The van der Waals surface area contributed by atoms with Crippen LogP contribution in [-0.4, -0.2) is 15.6 Å². The van der Waals surface area contributed by atoms with Crippen LogP contribution in [0.1, 0.15) is 51.8 Å². The Morgan fingerprint density at radius 3 is 2.75 bits per heavy atom. The Bertz CT molecular complexity index is 278. The summed E-state index contributed by atoms with van der Waals surface area (Å²) in [6, 6.07) is 0.196. The predicted octanol–water partition coefficient (Wildman–Crippen LogP) is 2.74. The number of unbranched alkanes of at least 4 members (excludes halogenated alkanes) is 4. The lowest BCUT2D eigenvalue weighted by atomic mass is 10.1. The van der Waals surface area contributed by atoms with Gasteiger partial charge in [-0.1, -0.05) is 32.6 Å². The molecule has 0 aliphatic heterocycles. The van der Waals surface area contributed by atoms with Crippen molar-refractivity contribution in [2.24, 2.45) is 5.73 Å². The quantitative estimate of drug-likeness (QED) is 0.689. The Morgan fingerprint density at radius 2 is 2.06 bits per heavy atom. The highest BCUT2D eigenvalue weighted by Gasteiger charge is 2.04. The molecule has 2 N–H and O–H groups in total. The molecule has 0 aromatic carbocycles. The van der Waals surface area contributed by atoms with Gasteiger partial charge in [-0.2, -0.15) is 0 Å². The molecular weight excluding hydrogens is 198 g/mol. The molecule has 1 aromatic rings. The third kappa shape index (κ3) is 4.79. The summed E-state index contributed by atoms with van der Waals surface area (Å²) in [6.45, 7) is 5.36. The zero-order valence-corrected chi connectivity index (χ0v) is 10.7. The molecule has 3 heteroatoms. The Hall–Kier alpha value is -0.830. The molecule has 0 radical (unpaired) electrons. The molecule has 0 spiro atoms. The van der Waals surface area contributed by atoms with E-state index in [1.807, 2.05) is 13.1 Å². The summed E-state index contributed by atoms with van der Waals surface area (Å²) in [6.07, 6.45) is 11.4. The lowest BCUT2D eigenvalue weighted by molar-refractivity contribution is 0.544. The molecular formula is C13H25N3. The minimum Gasteiger partial charge on any atom is -0.335 e. The monoisotopic (exact) mass is 223 g/mol. The molecule has 1 heterocycles. The van der Waals surface area contributed by atoms with Crippen molar-refractivity contribution in [3.05, 3.63) is 18.2 Å². The minimum absolute atomic E-state index is 0.196. The SMILES string of the molecule is CCCCCCCn1ccnc1CC(C)N. The lowest BCUT2D eigenvalue weighted by Gasteiger charge is -2.09. The van der Waals surface area contributed by atoms with Crippen LogP contribution in [0.2, 0.25) is 0 Å². The van der Waals surface area contributed by atoms with Gasteiger partial charge in [0.15, 0.2) is 0 Å². The number of rotatable bonds is 8. The highest BCUT2D eigenvalue weighted by atomic mass is 15.1. The van der Waals surface area contributed by atoms with Crippen molar-refractivity contribution in [3.63, 3.8) is 0 Å². The fraction of sp³-hybridized carbons (Fsp3) is 0.769. The number of aryl methyl sites for hydroxylation is 1. The first-order valence-electron chi connectivity index (χ1n) is 6.49. The average Bonchev–Trinajstić information content (AvgIpc) is 2.64. The van der Waals surface area contributed by atoms with E-state index in [-0.39, 0.29) is 6.04 Å². The van der Waals surface area contributed by atoms with E-state index in [2.05, 4.69) is 22.7 Å². The van der Waals surface area contributed by atoms with Gasteiger partial charge >= 0.3 is 0 Å². The van der Waals surface area contributed by atoms with E-state index in [1.165, 1.54) is 32.1 Å². The topological polar surface area (TPSA) is 43.8 Å². The van der Waals surface area contributed by atoms with Gasteiger partial charge in [-0.05, 0) is 13.3 Å². The van der Waals surface area contributed by atoms with E-state index >= 15 is 0 Å². The summed E-state index contributed by atoms with van der Waals surface area (Å²) in [4.78, 5) is 4.35. The van der Waals surface area contributed by atoms with Crippen molar-refractivity contribution in [1.29, 1.82) is 0 Å². The van der Waals surface area contributed by atoms with Crippen LogP contribution >= 0.6 is 0 Å². The molecule has 16 heavy (non-hydrogen) atoms. The van der Waals surface area contributed by atoms with Crippen molar-refractivity contribution in [2.75, 3.05) is 0 Å². The van der Waals surface area contributed by atoms with Gasteiger partial charge in [0.25, 0.3) is 0 Å². The molecule has 0 saturated carbocycles. The third-order valence-electron chi connectivity index (χ3n) is 2.81. The van der Waals surface area contributed by atoms with Crippen molar-refractivity contribution in [3.8, 4) is 0 Å². The third-order valence-corrected chi connectivity index (χ3v) is 2.81. The second-order valence-electron chi connectivity index (χ2n) is 4.63. The summed E-state index contributed by atoms with van der Waals surface area (Å²) in [7, 11) is 0. The Labute approximate surface area is 99.1 Å². The Balaban J connectivity index is 2.27. The normalized spacial score (nSPS) is 12.9. The van der Waals surface area contributed by atoms with E-state index in [0.717, 1.165) is 18.8 Å². The number of aromatic nitrogens is 2. The smallest absolute Gasteiger partial charge is 0.110 e. The second kappa shape index (κ2) is 7.44. The predicted molar refractivity (Wildman–Crippen MR) is 68.3 cm³/mol. The van der Waals surface area contributed by atoms with Gasteiger partial charge in [0.05, 0.1) is 0 Å². The van der Waals surface area contributed by atoms with Crippen LogP contribution in [0.3, 0.4) is 0 Å². The first-order chi connectivity index (χ1) is 7.74. The van der Waals surface area contributed by atoms with Crippen LogP contribution < -0.4 is 5.73 Å². The molecule has 0 bridgehead atoms. The maximum atomic E-state index is 5.79. The second-order valence-corrected chi connectivity index (χ2v) is 4.63. The zero-order chi connectivity index (χ0) is 11.8. The first-order valence-corrected chi connectivity index (χ1v) is 6.49. The van der Waals surface area contributed by atoms with Gasteiger partial charge in [0, 0.05) is 31.4 Å². The van der Waals surface area contributed by atoms with E-state index in [0.29, 0.717) is 0 Å². The summed E-state index contributed by atoms with van der Waals surface area (Å²) >= 11 is 0. The summed E-state index contributed by atoms with van der Waals surface area (Å²) in [5, 5.41) is 0. The molecule has 0 amide bonds. The van der Waals surface area contributed by atoms with E-state index < -0.39 is 0 Å². The van der Waals surface area contributed by atoms with E-state index in [1.54, 1.807) is 0 Å². The van der Waals surface area contributed by atoms with Gasteiger partial charge in [-0.25, -0.2) is 4.98 Å². The van der Waals surface area contributed by atoms with Crippen LogP contribution in [0.5, 0.6) is 0 Å². The zero-order valence-electron chi connectivity index (χ0n) is 10.7. The Morgan fingerprint density at radius 1 is 1.31 bits per heavy atom. The van der Waals surface area contributed by atoms with Crippen LogP contribution in [0.4, 0.5) is 0 Å². The summed E-state index contributed by atoms with van der Waals surface area (Å²) < 4.78 is 2.25. The largest absolute Gasteiger partial charge is 0.335 e. The van der Waals surface area contributed by atoms with Crippen molar-refractivity contribution in [1.82, 2.24) is 9.55 Å². The van der Waals surface area contributed by atoms with E-state index in [9.17, 15) is 0 Å². The maximum absolute atomic E-state index is 5.79. The van der Waals surface area contributed by atoms with Gasteiger partial charge in [-0.15, -0.1) is 0 Å². The van der Waals surface area contributed by atoms with E-state index in [4.69, 9.17) is 5.73 Å². The lowest BCUT2D eigenvalue weighted by Crippen LogP contribution is -2.20. The van der Waals surface area contributed by atoms with Gasteiger partial charge in [-0.3, -0.25) is 0 Å². The molecule has 1 aromatic heterocycles. The van der Waals surface area contributed by atoms with Gasteiger partial charge in [0.1, 0.15) is 5.82 Å². The van der Waals surface area contributed by atoms with Crippen LogP contribution in [0, 0.1) is 0 Å². The number of nitrogens with two attached hydrogens (primary N) is 1. The Kier molecular flexibility index (Phi) is 6.16. The van der Waals surface area contributed by atoms with Gasteiger partial charge in [0.2, 0.25) is 0 Å². The average molecular weight is 223 g/mol. The van der Waals surface area contributed by atoms with Crippen LogP contribution in [0.25, 0.3) is 0 Å². The fourth-order valence-corrected chi connectivity index (χ4v) is 1.91. The number of nitrogens with zero attached hydrogens (tertiary/aromatic N) is 2. The fourth-order valence-electron chi connectivity index (χ4n) is 1.91. The highest BCUT2D eigenvalue weighted by Crippen LogP contribution is 2.07. The molecule has 0 fully saturated rings. The summed E-state index contributed by atoms with van der Waals surface area (Å²) in [5.74, 6) is 1.13.